The number of imidazole rings is 1. The molecular weight excluding hydrogens is 458 g/mol. The molecule has 5 aromatic rings. The topological polar surface area (TPSA) is 47.4 Å². The predicted molar refractivity (Wildman–Crippen MR) is 149 cm³/mol. The number of ether oxygens (including phenoxy) is 1. The Kier molecular flexibility index (Phi) is 6.35. The summed E-state index contributed by atoms with van der Waals surface area (Å²) < 4.78 is 8.40. The predicted octanol–water partition coefficient (Wildman–Crippen LogP) is 6.74. The zero-order valence-electron chi connectivity index (χ0n) is 21.1. The molecule has 0 radical (unpaired) electrons. The van der Waals surface area contributed by atoms with Crippen LogP contribution in [0.5, 0.6) is 5.75 Å². The number of carbonyl (C=O) groups is 1. The van der Waals surface area contributed by atoms with E-state index in [1.165, 1.54) is 16.3 Å². The maximum atomic E-state index is 13.0. The Hall–Kier alpha value is -4.12. The molecule has 1 amide bonds. The van der Waals surface area contributed by atoms with E-state index in [4.69, 9.17) is 9.72 Å². The number of hydrogen-bond donors (Lipinski definition) is 0. The highest BCUT2D eigenvalue weighted by molar-refractivity contribution is 5.96. The van der Waals surface area contributed by atoms with Crippen molar-refractivity contribution in [2.45, 2.75) is 38.6 Å². The second-order valence-electron chi connectivity index (χ2n) is 9.75. The lowest BCUT2D eigenvalue weighted by atomic mass is 10.1. The SMILES string of the molecule is CCc1ccc(N2CC(c3nc4ccccc4n3CCCOc3ccc4ccccc4c3)CC2=O)cc1. The maximum absolute atomic E-state index is 13.0. The largest absolute Gasteiger partial charge is 0.494 e. The van der Waals surface area contributed by atoms with E-state index in [1.807, 2.05) is 23.1 Å². The van der Waals surface area contributed by atoms with Gasteiger partial charge in [-0.25, -0.2) is 4.98 Å². The van der Waals surface area contributed by atoms with Crippen molar-refractivity contribution >= 4 is 33.4 Å². The molecule has 1 aliphatic heterocycles. The van der Waals surface area contributed by atoms with Gasteiger partial charge in [0, 0.05) is 31.1 Å². The molecule has 37 heavy (non-hydrogen) atoms. The minimum absolute atomic E-state index is 0.0622. The first-order valence-electron chi connectivity index (χ1n) is 13.2. The van der Waals surface area contributed by atoms with Crippen LogP contribution < -0.4 is 9.64 Å². The third-order valence-corrected chi connectivity index (χ3v) is 7.35. The summed E-state index contributed by atoms with van der Waals surface area (Å²) in [7, 11) is 0. The van der Waals surface area contributed by atoms with Crippen LogP contribution >= 0.6 is 0 Å². The van der Waals surface area contributed by atoms with Crippen LogP contribution in [0.25, 0.3) is 21.8 Å². The zero-order valence-corrected chi connectivity index (χ0v) is 21.1. The highest BCUT2D eigenvalue weighted by Gasteiger charge is 2.34. The van der Waals surface area contributed by atoms with Crippen LogP contribution in [0, 0.1) is 0 Å². The summed E-state index contributed by atoms with van der Waals surface area (Å²) in [5, 5.41) is 2.40. The van der Waals surface area contributed by atoms with Gasteiger partial charge in [-0.2, -0.15) is 0 Å². The number of para-hydroxylation sites is 2. The van der Waals surface area contributed by atoms with Gasteiger partial charge in [0.1, 0.15) is 11.6 Å². The van der Waals surface area contributed by atoms with Gasteiger partial charge in [0.25, 0.3) is 0 Å². The minimum Gasteiger partial charge on any atom is -0.494 e. The van der Waals surface area contributed by atoms with Crippen molar-refractivity contribution in [1.29, 1.82) is 0 Å². The van der Waals surface area contributed by atoms with Crippen molar-refractivity contribution in [3.05, 3.63) is 102 Å². The van der Waals surface area contributed by atoms with Crippen LogP contribution in [0.1, 0.15) is 37.1 Å². The Bertz CT molecular complexity index is 1550. The molecule has 1 atom stereocenters. The van der Waals surface area contributed by atoms with E-state index in [2.05, 4.69) is 84.3 Å². The Morgan fingerprint density at radius 1 is 0.919 bits per heavy atom. The quantitative estimate of drug-likeness (QED) is 0.227. The van der Waals surface area contributed by atoms with Crippen molar-refractivity contribution in [1.82, 2.24) is 9.55 Å². The molecule has 1 unspecified atom stereocenters. The fraction of sp³-hybridized carbons (Fsp3) is 0.250. The van der Waals surface area contributed by atoms with Crippen molar-refractivity contribution in [2.24, 2.45) is 0 Å². The summed E-state index contributed by atoms with van der Waals surface area (Å²) >= 11 is 0. The summed E-state index contributed by atoms with van der Waals surface area (Å²) in [5.41, 5.74) is 4.34. The highest BCUT2D eigenvalue weighted by Crippen LogP contribution is 2.33. The van der Waals surface area contributed by atoms with Crippen LogP contribution in [0.2, 0.25) is 0 Å². The molecule has 0 bridgehead atoms. The standard InChI is InChI=1S/C32H31N3O2/c1-2-23-12-15-27(16-13-23)35-22-26(21-31(35)36)32-33-29-10-5-6-11-30(29)34(32)18-7-19-37-28-17-14-24-8-3-4-9-25(24)20-28/h3-6,8-17,20,26H,2,7,18-19,21-22H2,1H3. The molecular formula is C32H31N3O2. The normalized spacial score (nSPS) is 15.6. The molecule has 1 aromatic heterocycles. The fourth-order valence-electron chi connectivity index (χ4n) is 5.35. The molecule has 2 heterocycles. The highest BCUT2D eigenvalue weighted by atomic mass is 16.5. The van der Waals surface area contributed by atoms with Gasteiger partial charge >= 0.3 is 0 Å². The Balaban J connectivity index is 1.18. The number of amides is 1. The number of aryl methyl sites for hydroxylation is 2. The number of nitrogens with zero attached hydrogens (tertiary/aromatic N) is 3. The van der Waals surface area contributed by atoms with Crippen molar-refractivity contribution < 1.29 is 9.53 Å². The van der Waals surface area contributed by atoms with Gasteiger partial charge in [0.05, 0.1) is 17.6 Å². The number of hydrogen-bond acceptors (Lipinski definition) is 3. The molecule has 5 nitrogen and oxygen atoms in total. The number of rotatable bonds is 8. The van der Waals surface area contributed by atoms with Crippen molar-refractivity contribution in [3.8, 4) is 5.75 Å². The van der Waals surface area contributed by atoms with Crippen LogP contribution in [0.3, 0.4) is 0 Å². The number of aromatic nitrogens is 2. The van der Waals surface area contributed by atoms with E-state index < -0.39 is 0 Å². The number of fused-ring (bicyclic) bond motifs is 2. The van der Waals surface area contributed by atoms with E-state index in [9.17, 15) is 4.79 Å². The smallest absolute Gasteiger partial charge is 0.227 e. The minimum atomic E-state index is 0.0622. The third-order valence-electron chi connectivity index (χ3n) is 7.35. The summed E-state index contributed by atoms with van der Waals surface area (Å²) in [4.78, 5) is 19.9. The molecule has 0 N–H and O–H groups in total. The Morgan fingerprint density at radius 3 is 2.54 bits per heavy atom. The molecule has 6 rings (SSSR count). The lowest BCUT2D eigenvalue weighted by Crippen LogP contribution is -2.24. The fourth-order valence-corrected chi connectivity index (χ4v) is 5.35. The number of benzene rings is 4. The molecule has 186 valence electrons. The Morgan fingerprint density at radius 2 is 1.70 bits per heavy atom. The van der Waals surface area contributed by atoms with E-state index in [0.29, 0.717) is 19.6 Å². The lowest BCUT2D eigenvalue weighted by Gasteiger charge is -2.18. The van der Waals surface area contributed by atoms with Gasteiger partial charge in [-0.05, 0) is 65.6 Å². The summed E-state index contributed by atoms with van der Waals surface area (Å²) in [5.74, 6) is 2.10. The molecule has 0 saturated carbocycles. The first-order chi connectivity index (χ1) is 18.2. The van der Waals surface area contributed by atoms with Crippen LogP contribution in [-0.2, 0) is 17.8 Å². The molecule has 0 spiro atoms. The molecule has 4 aromatic carbocycles. The van der Waals surface area contributed by atoms with Gasteiger partial charge in [0.15, 0.2) is 0 Å². The third kappa shape index (κ3) is 4.69. The van der Waals surface area contributed by atoms with Crippen molar-refractivity contribution in [3.63, 3.8) is 0 Å². The van der Waals surface area contributed by atoms with Gasteiger partial charge in [-0.1, -0.05) is 61.5 Å². The van der Waals surface area contributed by atoms with Gasteiger partial charge in [-0.15, -0.1) is 0 Å². The molecule has 1 saturated heterocycles. The van der Waals surface area contributed by atoms with Crippen LogP contribution in [0.15, 0.2) is 91.0 Å². The number of carbonyl (C=O) groups excluding carboxylic acids is 1. The molecule has 0 aliphatic carbocycles. The van der Waals surface area contributed by atoms with E-state index in [0.717, 1.165) is 47.7 Å². The van der Waals surface area contributed by atoms with Gasteiger partial charge in [0.2, 0.25) is 5.91 Å². The Labute approximate surface area is 217 Å². The van der Waals surface area contributed by atoms with Gasteiger partial charge in [-0.3, -0.25) is 4.79 Å². The second kappa shape index (κ2) is 10.1. The van der Waals surface area contributed by atoms with E-state index in [-0.39, 0.29) is 11.8 Å². The van der Waals surface area contributed by atoms with E-state index in [1.54, 1.807) is 0 Å². The molecule has 1 fully saturated rings. The van der Waals surface area contributed by atoms with Crippen molar-refractivity contribution in [2.75, 3.05) is 18.1 Å². The lowest BCUT2D eigenvalue weighted by molar-refractivity contribution is -0.117. The molecule has 5 heteroatoms. The second-order valence-corrected chi connectivity index (χ2v) is 9.75. The monoisotopic (exact) mass is 489 g/mol. The average molecular weight is 490 g/mol. The zero-order chi connectivity index (χ0) is 25.2. The summed E-state index contributed by atoms with van der Waals surface area (Å²) in [6, 6.07) is 31.1. The first-order valence-corrected chi connectivity index (χ1v) is 13.2. The first kappa shape index (κ1) is 23.3. The maximum Gasteiger partial charge on any atom is 0.227 e. The van der Waals surface area contributed by atoms with Crippen LogP contribution in [0.4, 0.5) is 5.69 Å². The van der Waals surface area contributed by atoms with Gasteiger partial charge < -0.3 is 14.2 Å². The van der Waals surface area contributed by atoms with E-state index >= 15 is 0 Å². The summed E-state index contributed by atoms with van der Waals surface area (Å²) in [6.45, 7) is 4.20. The summed E-state index contributed by atoms with van der Waals surface area (Å²) in [6.07, 6.45) is 2.32. The number of anilines is 1. The molecule has 1 aliphatic rings. The van der Waals surface area contributed by atoms with Crippen LogP contribution in [-0.4, -0.2) is 28.6 Å². The average Bonchev–Trinajstić information content (AvgIpc) is 3.51.